The summed E-state index contributed by atoms with van der Waals surface area (Å²) in [5, 5.41) is 3.47. The lowest BCUT2D eigenvalue weighted by Crippen LogP contribution is -2.29. The van der Waals surface area contributed by atoms with Crippen LogP contribution in [0.3, 0.4) is 0 Å². The summed E-state index contributed by atoms with van der Waals surface area (Å²) in [6.07, 6.45) is 1.28. The molecule has 0 amide bonds. The van der Waals surface area contributed by atoms with Crippen LogP contribution in [0.25, 0.3) is 0 Å². The average Bonchev–Trinajstić information content (AvgIpc) is 2.82. The van der Waals surface area contributed by atoms with E-state index < -0.39 is 0 Å². The van der Waals surface area contributed by atoms with Gasteiger partial charge in [0.05, 0.1) is 0 Å². The first-order chi connectivity index (χ1) is 9.31. The van der Waals surface area contributed by atoms with Crippen LogP contribution in [0.1, 0.15) is 16.7 Å². The van der Waals surface area contributed by atoms with E-state index in [-0.39, 0.29) is 6.10 Å². The minimum absolute atomic E-state index is 0.264. The van der Waals surface area contributed by atoms with Gasteiger partial charge in [0.1, 0.15) is 11.9 Å². The summed E-state index contributed by atoms with van der Waals surface area (Å²) in [5.74, 6) is 1.05. The monoisotopic (exact) mass is 253 g/mol. The van der Waals surface area contributed by atoms with Gasteiger partial charge in [0.15, 0.2) is 0 Å². The highest BCUT2D eigenvalue weighted by Gasteiger charge is 2.22. The van der Waals surface area contributed by atoms with Crippen molar-refractivity contribution in [3.63, 3.8) is 0 Å². The molecule has 1 aliphatic rings. The fraction of sp³-hybridized carbons (Fsp3) is 0.294. The Balaban J connectivity index is 1.51. The van der Waals surface area contributed by atoms with E-state index in [0.717, 1.165) is 25.3 Å². The first-order valence-electron chi connectivity index (χ1n) is 6.82. The third kappa shape index (κ3) is 2.96. The van der Waals surface area contributed by atoms with Gasteiger partial charge in [-0.15, -0.1) is 0 Å². The van der Waals surface area contributed by atoms with Gasteiger partial charge in [-0.05, 0) is 24.1 Å². The van der Waals surface area contributed by atoms with Crippen molar-refractivity contribution in [2.45, 2.75) is 26.0 Å². The molecule has 1 atom stereocenters. The van der Waals surface area contributed by atoms with Crippen molar-refractivity contribution in [1.29, 1.82) is 0 Å². The molecule has 0 bridgehead atoms. The van der Waals surface area contributed by atoms with E-state index in [1.807, 2.05) is 6.07 Å². The number of fused-ring (bicyclic) bond motifs is 1. The van der Waals surface area contributed by atoms with E-state index in [2.05, 4.69) is 54.7 Å². The summed E-state index contributed by atoms with van der Waals surface area (Å²) in [4.78, 5) is 0. The summed E-state index contributed by atoms with van der Waals surface area (Å²) in [6.45, 7) is 3.92. The summed E-state index contributed by atoms with van der Waals surface area (Å²) in [7, 11) is 0. The van der Waals surface area contributed by atoms with Crippen LogP contribution in [-0.2, 0) is 13.0 Å². The summed E-state index contributed by atoms with van der Waals surface area (Å²) < 4.78 is 5.94. The molecule has 2 aromatic carbocycles. The molecule has 0 aromatic heterocycles. The van der Waals surface area contributed by atoms with Crippen LogP contribution < -0.4 is 10.1 Å². The van der Waals surface area contributed by atoms with E-state index in [1.165, 1.54) is 16.7 Å². The van der Waals surface area contributed by atoms with Gasteiger partial charge in [-0.1, -0.05) is 48.0 Å². The molecule has 2 nitrogen and oxygen atoms in total. The van der Waals surface area contributed by atoms with E-state index >= 15 is 0 Å². The van der Waals surface area contributed by atoms with Gasteiger partial charge in [-0.2, -0.15) is 0 Å². The second-order valence-corrected chi connectivity index (χ2v) is 5.17. The Kier molecular flexibility index (Phi) is 3.51. The molecule has 0 saturated carbocycles. The van der Waals surface area contributed by atoms with E-state index in [1.54, 1.807) is 0 Å². The van der Waals surface area contributed by atoms with Gasteiger partial charge in [0.2, 0.25) is 0 Å². The molecule has 1 N–H and O–H groups in total. The molecule has 19 heavy (non-hydrogen) atoms. The normalized spacial score (nSPS) is 17.0. The van der Waals surface area contributed by atoms with Crippen LogP contribution in [0.2, 0.25) is 0 Å². The van der Waals surface area contributed by atoms with Gasteiger partial charge < -0.3 is 10.1 Å². The molecular weight excluding hydrogens is 234 g/mol. The van der Waals surface area contributed by atoms with Gasteiger partial charge in [-0.25, -0.2) is 0 Å². The van der Waals surface area contributed by atoms with Crippen molar-refractivity contribution in [2.75, 3.05) is 6.54 Å². The van der Waals surface area contributed by atoms with Crippen LogP contribution in [0.5, 0.6) is 5.75 Å². The van der Waals surface area contributed by atoms with Gasteiger partial charge in [0, 0.05) is 19.5 Å². The molecule has 2 aromatic rings. The van der Waals surface area contributed by atoms with Crippen LogP contribution in [0, 0.1) is 6.92 Å². The highest BCUT2D eigenvalue weighted by Crippen LogP contribution is 2.29. The second kappa shape index (κ2) is 5.45. The van der Waals surface area contributed by atoms with Gasteiger partial charge in [-0.3, -0.25) is 0 Å². The van der Waals surface area contributed by atoms with Crippen molar-refractivity contribution >= 4 is 0 Å². The predicted molar refractivity (Wildman–Crippen MR) is 77.4 cm³/mol. The van der Waals surface area contributed by atoms with E-state index in [9.17, 15) is 0 Å². The number of nitrogens with one attached hydrogen (secondary N) is 1. The van der Waals surface area contributed by atoms with Gasteiger partial charge in [0.25, 0.3) is 0 Å². The first-order valence-corrected chi connectivity index (χ1v) is 6.82. The molecule has 0 saturated heterocycles. The number of ether oxygens (including phenoxy) is 1. The van der Waals surface area contributed by atoms with E-state index in [0.29, 0.717) is 0 Å². The fourth-order valence-corrected chi connectivity index (χ4v) is 2.54. The van der Waals surface area contributed by atoms with Crippen LogP contribution in [-0.4, -0.2) is 12.6 Å². The average molecular weight is 253 g/mol. The molecule has 98 valence electrons. The number of hydrogen-bond acceptors (Lipinski definition) is 2. The zero-order valence-electron chi connectivity index (χ0n) is 11.2. The second-order valence-electron chi connectivity index (χ2n) is 5.17. The molecule has 1 unspecified atom stereocenters. The third-order valence-corrected chi connectivity index (χ3v) is 3.50. The number of benzene rings is 2. The maximum Gasteiger partial charge on any atom is 0.123 e. The highest BCUT2D eigenvalue weighted by molar-refractivity contribution is 5.40. The fourth-order valence-electron chi connectivity index (χ4n) is 2.54. The zero-order valence-corrected chi connectivity index (χ0v) is 11.2. The lowest BCUT2D eigenvalue weighted by atomic mass is 10.1. The topological polar surface area (TPSA) is 21.3 Å². The highest BCUT2D eigenvalue weighted by atomic mass is 16.5. The maximum absolute atomic E-state index is 5.94. The Labute approximate surface area is 114 Å². The Morgan fingerprint density at radius 1 is 1.16 bits per heavy atom. The molecule has 2 heteroatoms. The van der Waals surface area contributed by atoms with Crippen molar-refractivity contribution in [2.24, 2.45) is 0 Å². The standard InChI is InChI=1S/C17H19NO/c1-13-7-8-17-15(9-13)10-16(19-17)12-18-11-14-5-3-2-4-6-14/h2-9,16,18H,10-12H2,1H3. The minimum Gasteiger partial charge on any atom is -0.488 e. The lowest BCUT2D eigenvalue weighted by Gasteiger charge is -2.11. The minimum atomic E-state index is 0.264. The Morgan fingerprint density at radius 3 is 2.84 bits per heavy atom. The van der Waals surface area contributed by atoms with E-state index in [4.69, 9.17) is 4.74 Å². The molecule has 3 rings (SSSR count). The quantitative estimate of drug-likeness (QED) is 0.904. The zero-order chi connectivity index (χ0) is 13.1. The van der Waals surface area contributed by atoms with Crippen molar-refractivity contribution in [3.05, 3.63) is 65.2 Å². The Hall–Kier alpha value is -1.80. The third-order valence-electron chi connectivity index (χ3n) is 3.50. The Morgan fingerprint density at radius 2 is 2.00 bits per heavy atom. The van der Waals surface area contributed by atoms with Crippen molar-refractivity contribution in [1.82, 2.24) is 5.32 Å². The van der Waals surface area contributed by atoms with Gasteiger partial charge >= 0.3 is 0 Å². The molecule has 1 heterocycles. The summed E-state index contributed by atoms with van der Waals surface area (Å²) in [6, 6.07) is 16.9. The molecule has 1 aliphatic heterocycles. The Bertz CT molecular complexity index is 550. The largest absolute Gasteiger partial charge is 0.488 e. The number of aryl methyl sites for hydroxylation is 1. The summed E-state index contributed by atoms with van der Waals surface area (Å²) in [5.41, 5.74) is 3.96. The molecule has 0 radical (unpaired) electrons. The first kappa shape index (κ1) is 12.2. The predicted octanol–water partition coefficient (Wildman–Crippen LogP) is 3.09. The maximum atomic E-state index is 5.94. The SMILES string of the molecule is Cc1ccc2c(c1)CC(CNCc1ccccc1)O2. The molecule has 0 fully saturated rings. The molecular formula is C17H19NO. The van der Waals surface area contributed by atoms with Crippen LogP contribution >= 0.6 is 0 Å². The van der Waals surface area contributed by atoms with Crippen molar-refractivity contribution in [3.8, 4) is 5.75 Å². The summed E-state index contributed by atoms with van der Waals surface area (Å²) >= 11 is 0. The lowest BCUT2D eigenvalue weighted by molar-refractivity contribution is 0.227. The molecule has 0 spiro atoms. The van der Waals surface area contributed by atoms with Crippen LogP contribution in [0.4, 0.5) is 0 Å². The number of rotatable bonds is 4. The number of hydrogen-bond donors (Lipinski definition) is 1. The smallest absolute Gasteiger partial charge is 0.123 e. The van der Waals surface area contributed by atoms with Crippen molar-refractivity contribution < 1.29 is 4.74 Å². The molecule has 0 aliphatic carbocycles. The van der Waals surface area contributed by atoms with Crippen LogP contribution in [0.15, 0.2) is 48.5 Å².